The molecule has 0 unspecified atom stereocenters. The lowest BCUT2D eigenvalue weighted by atomic mass is 9.84. The lowest BCUT2D eigenvalue weighted by Gasteiger charge is -2.31. The molecule has 0 atom stereocenters. The number of rotatable bonds is 7. The Balaban J connectivity index is 1.75. The van der Waals surface area contributed by atoms with E-state index < -0.39 is 0 Å². The molecule has 6 heteroatoms. The SMILES string of the molecule is C=CCN(Cc1nccn1Cc1ccc(Cl)cc1Cl)C(=O)C1CCC1. The molecule has 25 heavy (non-hydrogen) atoms. The van der Waals surface area contributed by atoms with E-state index in [1.54, 1.807) is 18.3 Å². The number of carbonyl (C=O) groups is 1. The van der Waals surface area contributed by atoms with Crippen LogP contribution in [-0.2, 0) is 17.9 Å². The van der Waals surface area contributed by atoms with Crippen molar-refractivity contribution in [2.75, 3.05) is 6.54 Å². The van der Waals surface area contributed by atoms with Gasteiger partial charge >= 0.3 is 0 Å². The molecule has 132 valence electrons. The first-order valence-corrected chi connectivity index (χ1v) is 9.17. The minimum Gasteiger partial charge on any atom is -0.331 e. The molecule has 0 saturated heterocycles. The predicted molar refractivity (Wildman–Crippen MR) is 101 cm³/mol. The summed E-state index contributed by atoms with van der Waals surface area (Å²) in [5.74, 6) is 1.19. The van der Waals surface area contributed by atoms with E-state index in [0.29, 0.717) is 29.7 Å². The zero-order valence-corrected chi connectivity index (χ0v) is 15.5. The molecule has 0 spiro atoms. The highest BCUT2D eigenvalue weighted by Crippen LogP contribution is 2.29. The lowest BCUT2D eigenvalue weighted by molar-refractivity contribution is -0.138. The number of carbonyl (C=O) groups excluding carboxylic acids is 1. The molecule has 1 fully saturated rings. The Labute approximate surface area is 158 Å². The molecular weight excluding hydrogens is 357 g/mol. The third-order valence-electron chi connectivity index (χ3n) is 4.61. The van der Waals surface area contributed by atoms with E-state index >= 15 is 0 Å². The van der Waals surface area contributed by atoms with Crippen molar-refractivity contribution in [3.05, 3.63) is 64.7 Å². The quantitative estimate of drug-likeness (QED) is 0.663. The fourth-order valence-corrected chi connectivity index (χ4v) is 3.41. The van der Waals surface area contributed by atoms with Gasteiger partial charge in [0.25, 0.3) is 0 Å². The van der Waals surface area contributed by atoms with Crippen molar-refractivity contribution in [3.63, 3.8) is 0 Å². The maximum absolute atomic E-state index is 12.6. The van der Waals surface area contributed by atoms with Crippen LogP contribution < -0.4 is 0 Å². The summed E-state index contributed by atoms with van der Waals surface area (Å²) < 4.78 is 2.01. The Kier molecular flexibility index (Phi) is 5.82. The van der Waals surface area contributed by atoms with Gasteiger partial charge in [-0.25, -0.2) is 4.98 Å². The molecule has 0 aliphatic heterocycles. The summed E-state index contributed by atoms with van der Waals surface area (Å²) >= 11 is 12.2. The summed E-state index contributed by atoms with van der Waals surface area (Å²) in [6, 6.07) is 5.47. The van der Waals surface area contributed by atoms with E-state index in [4.69, 9.17) is 23.2 Å². The van der Waals surface area contributed by atoms with E-state index in [1.165, 1.54) is 0 Å². The molecular formula is C19H21Cl2N3O. The minimum atomic E-state index is 0.161. The first kappa shape index (κ1) is 18.0. The zero-order chi connectivity index (χ0) is 17.8. The fourth-order valence-electron chi connectivity index (χ4n) is 2.94. The van der Waals surface area contributed by atoms with Crippen LogP contribution in [0.1, 0.15) is 30.7 Å². The van der Waals surface area contributed by atoms with Gasteiger partial charge in [-0.2, -0.15) is 0 Å². The van der Waals surface area contributed by atoms with Gasteiger partial charge in [0.2, 0.25) is 5.91 Å². The highest BCUT2D eigenvalue weighted by atomic mass is 35.5. The van der Waals surface area contributed by atoms with Crippen molar-refractivity contribution in [2.24, 2.45) is 5.92 Å². The molecule has 1 heterocycles. The van der Waals surface area contributed by atoms with E-state index in [1.807, 2.05) is 27.8 Å². The largest absolute Gasteiger partial charge is 0.331 e. The smallest absolute Gasteiger partial charge is 0.226 e. The van der Waals surface area contributed by atoms with Crippen LogP contribution in [0.2, 0.25) is 10.0 Å². The van der Waals surface area contributed by atoms with Gasteiger partial charge in [0, 0.05) is 34.9 Å². The molecule has 3 rings (SSSR count). The van der Waals surface area contributed by atoms with Crippen molar-refractivity contribution in [1.29, 1.82) is 0 Å². The van der Waals surface area contributed by atoms with Crippen molar-refractivity contribution in [1.82, 2.24) is 14.5 Å². The van der Waals surface area contributed by atoms with Crippen LogP contribution in [0.5, 0.6) is 0 Å². The molecule has 4 nitrogen and oxygen atoms in total. The number of halogens is 2. The highest BCUT2D eigenvalue weighted by molar-refractivity contribution is 6.35. The van der Waals surface area contributed by atoms with Crippen molar-refractivity contribution < 1.29 is 4.79 Å². The molecule has 0 N–H and O–H groups in total. The van der Waals surface area contributed by atoms with Gasteiger partial charge in [0.05, 0.1) is 13.1 Å². The zero-order valence-electron chi connectivity index (χ0n) is 14.0. The van der Waals surface area contributed by atoms with Crippen molar-refractivity contribution >= 4 is 29.1 Å². The second kappa shape index (κ2) is 8.07. The number of hydrogen-bond acceptors (Lipinski definition) is 2. The maximum atomic E-state index is 12.6. The second-order valence-electron chi connectivity index (χ2n) is 6.34. The Morgan fingerprint density at radius 2 is 2.20 bits per heavy atom. The number of benzene rings is 1. The molecule has 1 aromatic carbocycles. The molecule has 1 aliphatic carbocycles. The molecule has 1 amide bonds. The first-order valence-electron chi connectivity index (χ1n) is 8.42. The first-order chi connectivity index (χ1) is 12.1. The van der Waals surface area contributed by atoms with Crippen LogP contribution in [0, 0.1) is 5.92 Å². The van der Waals surface area contributed by atoms with Crippen molar-refractivity contribution in [2.45, 2.75) is 32.4 Å². The topological polar surface area (TPSA) is 38.1 Å². The second-order valence-corrected chi connectivity index (χ2v) is 7.19. The van der Waals surface area contributed by atoms with E-state index in [2.05, 4.69) is 11.6 Å². The molecule has 1 saturated carbocycles. The minimum absolute atomic E-state index is 0.161. The number of aromatic nitrogens is 2. The van der Waals surface area contributed by atoms with Crippen LogP contribution >= 0.6 is 23.2 Å². The van der Waals surface area contributed by atoms with Gasteiger partial charge in [-0.15, -0.1) is 6.58 Å². The average Bonchev–Trinajstić information content (AvgIpc) is 2.95. The van der Waals surface area contributed by atoms with Gasteiger partial charge in [0.1, 0.15) is 5.82 Å². The van der Waals surface area contributed by atoms with Crippen LogP contribution in [0.3, 0.4) is 0 Å². The Hall–Kier alpha value is -1.78. The molecule has 0 bridgehead atoms. The van der Waals surface area contributed by atoms with Gasteiger partial charge in [-0.05, 0) is 30.5 Å². The van der Waals surface area contributed by atoms with E-state index in [-0.39, 0.29) is 11.8 Å². The van der Waals surface area contributed by atoms with Crippen LogP contribution in [0.25, 0.3) is 0 Å². The average molecular weight is 378 g/mol. The lowest BCUT2D eigenvalue weighted by Crippen LogP contribution is -2.39. The van der Waals surface area contributed by atoms with E-state index in [0.717, 1.165) is 30.7 Å². The molecule has 1 aromatic heterocycles. The number of amides is 1. The van der Waals surface area contributed by atoms with Crippen LogP contribution in [0.15, 0.2) is 43.2 Å². The molecule has 0 radical (unpaired) electrons. The van der Waals surface area contributed by atoms with Gasteiger partial charge in [0.15, 0.2) is 0 Å². The highest BCUT2D eigenvalue weighted by Gasteiger charge is 2.29. The third kappa shape index (κ3) is 4.25. The number of imidazole rings is 1. The van der Waals surface area contributed by atoms with Gasteiger partial charge < -0.3 is 9.47 Å². The molecule has 1 aliphatic rings. The number of hydrogen-bond donors (Lipinski definition) is 0. The number of nitrogens with zero attached hydrogens (tertiary/aromatic N) is 3. The fraction of sp³-hybridized carbons (Fsp3) is 0.368. The predicted octanol–water partition coefficient (Wildman–Crippen LogP) is 4.55. The van der Waals surface area contributed by atoms with Gasteiger partial charge in [-0.1, -0.05) is 41.8 Å². The summed E-state index contributed by atoms with van der Waals surface area (Å²) in [5.41, 5.74) is 0.964. The van der Waals surface area contributed by atoms with Crippen molar-refractivity contribution in [3.8, 4) is 0 Å². The Morgan fingerprint density at radius 3 is 2.84 bits per heavy atom. The normalized spacial score (nSPS) is 14.2. The van der Waals surface area contributed by atoms with Crippen LogP contribution in [0.4, 0.5) is 0 Å². The summed E-state index contributed by atoms with van der Waals surface area (Å²) in [4.78, 5) is 18.9. The summed E-state index contributed by atoms with van der Waals surface area (Å²) in [7, 11) is 0. The maximum Gasteiger partial charge on any atom is 0.226 e. The summed E-state index contributed by atoms with van der Waals surface area (Å²) in [5, 5.41) is 1.24. The van der Waals surface area contributed by atoms with E-state index in [9.17, 15) is 4.79 Å². The third-order valence-corrected chi connectivity index (χ3v) is 5.19. The summed E-state index contributed by atoms with van der Waals surface area (Å²) in [6.07, 6.45) is 8.53. The van der Waals surface area contributed by atoms with Gasteiger partial charge in [-0.3, -0.25) is 4.79 Å². The van der Waals surface area contributed by atoms with Crippen LogP contribution in [-0.4, -0.2) is 26.9 Å². The molecule has 2 aromatic rings. The standard InChI is InChI=1S/C19H21Cl2N3O/c1-2-9-24(19(25)14-4-3-5-14)13-18-22-8-10-23(18)12-15-6-7-16(20)11-17(15)21/h2,6-8,10-11,14H,1,3-5,9,12-13H2. The summed E-state index contributed by atoms with van der Waals surface area (Å²) in [6.45, 7) is 5.37. The monoisotopic (exact) mass is 377 g/mol. The Bertz CT molecular complexity index is 768. The Morgan fingerprint density at radius 1 is 1.40 bits per heavy atom.